The molecule has 2 saturated carbocycles. The zero-order valence-corrected chi connectivity index (χ0v) is 19.2. The Morgan fingerprint density at radius 1 is 1.19 bits per heavy atom. The molecule has 1 N–H and O–H groups in total. The van der Waals surface area contributed by atoms with Gasteiger partial charge in [-0.2, -0.15) is 0 Å². The van der Waals surface area contributed by atoms with Crippen molar-refractivity contribution in [1.29, 1.82) is 0 Å². The van der Waals surface area contributed by atoms with Gasteiger partial charge in [-0.15, -0.1) is 0 Å². The van der Waals surface area contributed by atoms with Gasteiger partial charge in [0, 0.05) is 49.2 Å². The van der Waals surface area contributed by atoms with Crippen LogP contribution in [0.1, 0.15) is 65.4 Å². The summed E-state index contributed by atoms with van der Waals surface area (Å²) in [5, 5.41) is 9.85. The number of amides is 1. The maximum atomic E-state index is 12.6. The molecule has 31 heavy (non-hydrogen) atoms. The van der Waals surface area contributed by atoms with Gasteiger partial charge in [0.2, 0.25) is 0 Å². The van der Waals surface area contributed by atoms with E-state index in [1.165, 1.54) is 24.8 Å². The Labute approximate surface area is 184 Å². The molecule has 0 bridgehead atoms. The lowest BCUT2D eigenvalue weighted by Gasteiger charge is -2.44. The van der Waals surface area contributed by atoms with Gasteiger partial charge in [-0.05, 0) is 53.4 Å². The van der Waals surface area contributed by atoms with E-state index in [1.807, 2.05) is 25.7 Å². The molecule has 3 heterocycles. The van der Waals surface area contributed by atoms with Crippen LogP contribution in [0.2, 0.25) is 0 Å². The van der Waals surface area contributed by atoms with Crippen LogP contribution in [0, 0.1) is 0 Å². The largest absolute Gasteiger partial charge is 0.444 e. The zero-order valence-electron chi connectivity index (χ0n) is 19.2. The summed E-state index contributed by atoms with van der Waals surface area (Å²) in [6.07, 6.45) is 6.56. The number of hydrogen-bond donors (Lipinski definition) is 1. The van der Waals surface area contributed by atoms with Gasteiger partial charge in [0.05, 0.1) is 6.10 Å². The second kappa shape index (κ2) is 7.22. The van der Waals surface area contributed by atoms with Gasteiger partial charge in [0.1, 0.15) is 23.6 Å². The Balaban J connectivity index is 1.38. The van der Waals surface area contributed by atoms with Crippen molar-refractivity contribution in [3.05, 3.63) is 11.9 Å². The van der Waals surface area contributed by atoms with E-state index in [1.54, 1.807) is 6.33 Å². The molecule has 1 spiro atoms. The summed E-state index contributed by atoms with van der Waals surface area (Å²) < 4.78 is 5.61. The maximum absolute atomic E-state index is 12.6. The van der Waals surface area contributed by atoms with Crippen LogP contribution in [0.5, 0.6) is 0 Å². The Bertz CT molecular complexity index is 859. The third kappa shape index (κ3) is 3.52. The van der Waals surface area contributed by atoms with E-state index in [9.17, 15) is 9.90 Å². The van der Waals surface area contributed by atoms with Crippen LogP contribution in [0.4, 0.5) is 16.4 Å². The minimum absolute atomic E-state index is 0.0471. The Kier molecular flexibility index (Phi) is 4.84. The fourth-order valence-corrected chi connectivity index (χ4v) is 5.65. The first-order valence-electron chi connectivity index (χ1n) is 11.7. The third-order valence-electron chi connectivity index (χ3n) is 7.48. The number of carbonyl (C=O) groups is 1. The Morgan fingerprint density at radius 3 is 2.48 bits per heavy atom. The highest BCUT2D eigenvalue weighted by Gasteiger charge is 2.53. The standard InChI is InChI=1S/C23H35N5O3/c1-15-12-26(8-9-27(15)21(30)31-22(2,3)4)19-18-20(25-14-24-19)28(16-10-17(29)11-16)13-23(18)6-5-7-23/h14-17,29H,5-13H2,1-4H3. The average molecular weight is 430 g/mol. The molecule has 2 aliphatic heterocycles. The lowest BCUT2D eigenvalue weighted by atomic mass is 9.66. The highest BCUT2D eigenvalue weighted by Crippen LogP contribution is 2.56. The van der Waals surface area contributed by atoms with Crippen LogP contribution in [-0.2, 0) is 10.2 Å². The highest BCUT2D eigenvalue weighted by molar-refractivity contribution is 5.71. The monoisotopic (exact) mass is 429 g/mol. The van der Waals surface area contributed by atoms with E-state index in [0.717, 1.165) is 44.1 Å². The predicted molar refractivity (Wildman–Crippen MR) is 119 cm³/mol. The van der Waals surface area contributed by atoms with Gasteiger partial charge in [0.15, 0.2) is 0 Å². The molecule has 1 amide bonds. The summed E-state index contributed by atoms with van der Waals surface area (Å²) in [6.45, 7) is 10.9. The number of anilines is 2. The van der Waals surface area contributed by atoms with Crippen LogP contribution < -0.4 is 9.80 Å². The number of rotatable bonds is 2. The summed E-state index contributed by atoms with van der Waals surface area (Å²) in [5.74, 6) is 2.12. The fraction of sp³-hybridized carbons (Fsp3) is 0.783. The fourth-order valence-electron chi connectivity index (χ4n) is 5.65. The van der Waals surface area contributed by atoms with Gasteiger partial charge in [-0.1, -0.05) is 6.42 Å². The number of aliphatic hydroxyl groups is 1. The minimum Gasteiger partial charge on any atom is -0.444 e. The van der Waals surface area contributed by atoms with Crippen LogP contribution in [0.15, 0.2) is 6.33 Å². The number of fused-ring (bicyclic) bond motifs is 2. The molecule has 170 valence electrons. The van der Waals surface area contributed by atoms with E-state index in [4.69, 9.17) is 14.7 Å². The van der Waals surface area contributed by atoms with Crippen molar-refractivity contribution in [2.75, 3.05) is 36.0 Å². The number of piperazine rings is 1. The van der Waals surface area contributed by atoms with Crippen LogP contribution in [0.25, 0.3) is 0 Å². The average Bonchev–Trinajstić information content (AvgIpc) is 2.99. The number of aliphatic hydroxyl groups excluding tert-OH is 1. The summed E-state index contributed by atoms with van der Waals surface area (Å²) in [5.41, 5.74) is 0.967. The molecule has 8 nitrogen and oxygen atoms in total. The number of ether oxygens (including phenoxy) is 1. The molecule has 4 aliphatic rings. The maximum Gasteiger partial charge on any atom is 0.410 e. The van der Waals surface area contributed by atoms with Crippen molar-refractivity contribution in [2.24, 2.45) is 0 Å². The van der Waals surface area contributed by atoms with Gasteiger partial charge >= 0.3 is 6.09 Å². The van der Waals surface area contributed by atoms with Crippen molar-refractivity contribution in [1.82, 2.24) is 14.9 Å². The molecule has 1 aromatic rings. The molecule has 0 aromatic carbocycles. The van der Waals surface area contributed by atoms with E-state index in [-0.39, 0.29) is 23.7 Å². The Hall–Kier alpha value is -2.09. The first kappa shape index (κ1) is 20.8. The quantitative estimate of drug-likeness (QED) is 0.774. The first-order valence-corrected chi connectivity index (χ1v) is 11.7. The van der Waals surface area contributed by atoms with Crippen molar-refractivity contribution in [3.8, 4) is 0 Å². The minimum atomic E-state index is -0.490. The van der Waals surface area contributed by atoms with Crippen LogP contribution in [0.3, 0.4) is 0 Å². The molecular weight excluding hydrogens is 394 g/mol. The smallest absolute Gasteiger partial charge is 0.410 e. The van der Waals surface area contributed by atoms with Crippen molar-refractivity contribution < 1.29 is 14.6 Å². The van der Waals surface area contributed by atoms with E-state index in [0.29, 0.717) is 12.6 Å². The lowest BCUT2D eigenvalue weighted by Crippen LogP contribution is -2.55. The molecule has 1 unspecified atom stereocenters. The third-order valence-corrected chi connectivity index (χ3v) is 7.48. The van der Waals surface area contributed by atoms with Crippen LogP contribution in [-0.4, -0.2) is 76.0 Å². The van der Waals surface area contributed by atoms with E-state index < -0.39 is 5.60 Å². The number of aromatic nitrogens is 2. The molecule has 5 rings (SSSR count). The normalized spacial score (nSPS) is 29.5. The van der Waals surface area contributed by atoms with Crippen molar-refractivity contribution >= 4 is 17.7 Å². The molecule has 1 aromatic heterocycles. The molecule has 3 fully saturated rings. The van der Waals surface area contributed by atoms with Crippen LogP contribution >= 0.6 is 0 Å². The summed E-state index contributed by atoms with van der Waals surface area (Å²) in [4.78, 5) is 28.7. The van der Waals surface area contributed by atoms with Crippen molar-refractivity contribution in [2.45, 2.75) is 89.0 Å². The second-order valence-electron chi connectivity index (χ2n) is 10.9. The number of carbonyl (C=O) groups excluding carboxylic acids is 1. The molecule has 8 heteroatoms. The summed E-state index contributed by atoms with van der Waals surface area (Å²) in [7, 11) is 0. The summed E-state index contributed by atoms with van der Waals surface area (Å²) >= 11 is 0. The highest BCUT2D eigenvalue weighted by atomic mass is 16.6. The zero-order chi connectivity index (χ0) is 22.0. The molecule has 2 aliphatic carbocycles. The van der Waals surface area contributed by atoms with E-state index in [2.05, 4.69) is 16.7 Å². The van der Waals surface area contributed by atoms with Gasteiger partial charge < -0.3 is 24.5 Å². The number of nitrogens with zero attached hydrogens (tertiary/aromatic N) is 5. The SMILES string of the molecule is CC1CN(c2ncnc3c2C2(CCC2)CN3C2CC(O)C2)CCN1C(=O)OC(C)(C)C. The molecular formula is C23H35N5O3. The topological polar surface area (TPSA) is 82.0 Å². The Morgan fingerprint density at radius 2 is 1.90 bits per heavy atom. The second-order valence-corrected chi connectivity index (χ2v) is 10.9. The van der Waals surface area contributed by atoms with Crippen molar-refractivity contribution in [3.63, 3.8) is 0 Å². The summed E-state index contributed by atoms with van der Waals surface area (Å²) in [6, 6.07) is 0.435. The first-order chi connectivity index (χ1) is 14.7. The predicted octanol–water partition coefficient (Wildman–Crippen LogP) is 2.69. The number of hydrogen-bond acceptors (Lipinski definition) is 7. The van der Waals surface area contributed by atoms with Gasteiger partial charge in [-0.3, -0.25) is 0 Å². The van der Waals surface area contributed by atoms with E-state index >= 15 is 0 Å². The molecule has 1 saturated heterocycles. The molecule has 0 radical (unpaired) electrons. The van der Waals surface area contributed by atoms with Gasteiger partial charge in [-0.25, -0.2) is 14.8 Å². The molecule has 1 atom stereocenters. The lowest BCUT2D eigenvalue weighted by molar-refractivity contribution is 0.0158. The van der Waals surface area contributed by atoms with Gasteiger partial charge in [0.25, 0.3) is 0 Å².